The first-order valence-corrected chi connectivity index (χ1v) is 9.50. The molecule has 0 saturated heterocycles. The van der Waals surface area contributed by atoms with E-state index >= 15 is 0 Å². The number of anilines is 1. The van der Waals surface area contributed by atoms with Gasteiger partial charge in [-0.15, -0.1) is 10.2 Å². The van der Waals surface area contributed by atoms with Crippen molar-refractivity contribution in [1.29, 1.82) is 5.26 Å². The Morgan fingerprint density at radius 2 is 2.00 bits per heavy atom. The first-order chi connectivity index (χ1) is 12.2. The lowest BCUT2D eigenvalue weighted by atomic mass is 9.95. The van der Waals surface area contributed by atoms with Crippen molar-refractivity contribution in [2.24, 2.45) is 0 Å². The van der Waals surface area contributed by atoms with Gasteiger partial charge in [-0.2, -0.15) is 5.26 Å². The van der Waals surface area contributed by atoms with Gasteiger partial charge in [-0.3, -0.25) is 4.79 Å². The minimum atomic E-state index is -0.0921. The third-order valence-corrected chi connectivity index (χ3v) is 5.35. The number of aryl methyl sites for hydroxylation is 1. The molecule has 1 aliphatic rings. The standard InChI is InChI=1S/C18H21N5OS/c1-13-21-22-18(23(13)16-5-3-2-4-6-16)25-12-17(24)20-15-9-7-14(11-19)8-10-15/h7-10,16H,2-6,12H2,1H3,(H,20,24). The highest BCUT2D eigenvalue weighted by Gasteiger charge is 2.21. The minimum Gasteiger partial charge on any atom is -0.325 e. The van der Waals surface area contributed by atoms with E-state index in [1.54, 1.807) is 24.3 Å². The number of hydrogen-bond donors (Lipinski definition) is 1. The third-order valence-electron chi connectivity index (χ3n) is 4.40. The zero-order valence-corrected chi connectivity index (χ0v) is 15.1. The second kappa shape index (κ2) is 8.17. The Labute approximate surface area is 151 Å². The Morgan fingerprint density at radius 1 is 1.28 bits per heavy atom. The minimum absolute atomic E-state index is 0.0921. The SMILES string of the molecule is Cc1nnc(SCC(=O)Nc2ccc(C#N)cc2)n1C1CCCCC1. The van der Waals surface area contributed by atoms with Gasteiger partial charge in [-0.1, -0.05) is 31.0 Å². The molecule has 2 aromatic rings. The molecule has 0 aliphatic heterocycles. The van der Waals surface area contributed by atoms with Crippen LogP contribution in [0.15, 0.2) is 29.4 Å². The fourth-order valence-electron chi connectivity index (χ4n) is 3.16. The van der Waals surface area contributed by atoms with Crippen molar-refractivity contribution in [2.75, 3.05) is 11.1 Å². The number of nitrogens with one attached hydrogen (secondary N) is 1. The van der Waals surface area contributed by atoms with Gasteiger partial charge in [0.2, 0.25) is 5.91 Å². The number of rotatable bonds is 5. The second-order valence-electron chi connectivity index (χ2n) is 6.22. The molecule has 0 bridgehead atoms. The zero-order valence-electron chi connectivity index (χ0n) is 14.2. The number of carbonyl (C=O) groups is 1. The molecule has 0 unspecified atom stereocenters. The van der Waals surface area contributed by atoms with Crippen LogP contribution < -0.4 is 5.32 Å². The Bertz CT molecular complexity index is 772. The maximum Gasteiger partial charge on any atom is 0.234 e. The van der Waals surface area contributed by atoms with Gasteiger partial charge in [-0.25, -0.2) is 0 Å². The molecule has 1 fully saturated rings. The summed E-state index contributed by atoms with van der Waals surface area (Å²) in [6, 6.07) is 9.35. The highest BCUT2D eigenvalue weighted by atomic mass is 32.2. The zero-order chi connectivity index (χ0) is 17.6. The van der Waals surface area contributed by atoms with Gasteiger partial charge in [0, 0.05) is 11.7 Å². The third kappa shape index (κ3) is 4.40. The normalized spacial score (nSPS) is 14.9. The van der Waals surface area contributed by atoms with Crippen molar-refractivity contribution in [3.05, 3.63) is 35.7 Å². The van der Waals surface area contributed by atoms with E-state index in [-0.39, 0.29) is 11.7 Å². The number of nitriles is 1. The van der Waals surface area contributed by atoms with Crippen LogP contribution in [0.3, 0.4) is 0 Å². The number of hydrogen-bond acceptors (Lipinski definition) is 5. The summed E-state index contributed by atoms with van der Waals surface area (Å²) in [6.07, 6.45) is 6.10. The Balaban J connectivity index is 1.59. The van der Waals surface area contributed by atoms with E-state index in [1.165, 1.54) is 31.0 Å². The highest BCUT2D eigenvalue weighted by Crippen LogP contribution is 2.32. The summed E-state index contributed by atoms with van der Waals surface area (Å²) in [7, 11) is 0. The number of aromatic nitrogens is 3. The molecule has 0 spiro atoms. The van der Waals surface area contributed by atoms with Gasteiger partial charge in [0.15, 0.2) is 5.16 Å². The lowest BCUT2D eigenvalue weighted by molar-refractivity contribution is -0.113. The summed E-state index contributed by atoms with van der Waals surface area (Å²) >= 11 is 1.42. The first-order valence-electron chi connectivity index (χ1n) is 8.51. The topological polar surface area (TPSA) is 83.6 Å². The summed E-state index contributed by atoms with van der Waals surface area (Å²) in [4.78, 5) is 12.2. The predicted octanol–water partition coefficient (Wildman–Crippen LogP) is 3.69. The molecule has 0 radical (unpaired) electrons. The summed E-state index contributed by atoms with van der Waals surface area (Å²) in [5, 5.41) is 20.9. The summed E-state index contributed by atoms with van der Waals surface area (Å²) in [6.45, 7) is 1.97. The van der Waals surface area contributed by atoms with E-state index in [9.17, 15) is 4.79 Å². The molecule has 1 amide bonds. The number of benzene rings is 1. The number of carbonyl (C=O) groups excluding carboxylic acids is 1. The average Bonchev–Trinajstić information content (AvgIpc) is 3.02. The lowest BCUT2D eigenvalue weighted by Gasteiger charge is -2.24. The van der Waals surface area contributed by atoms with E-state index in [0.717, 1.165) is 23.8 Å². The molecule has 3 rings (SSSR count). The largest absolute Gasteiger partial charge is 0.325 e. The molecular weight excluding hydrogens is 334 g/mol. The number of nitrogens with zero attached hydrogens (tertiary/aromatic N) is 4. The average molecular weight is 355 g/mol. The van der Waals surface area contributed by atoms with E-state index in [4.69, 9.17) is 5.26 Å². The van der Waals surface area contributed by atoms with Gasteiger partial charge >= 0.3 is 0 Å². The van der Waals surface area contributed by atoms with Crippen LogP contribution in [0, 0.1) is 18.3 Å². The lowest BCUT2D eigenvalue weighted by Crippen LogP contribution is -2.17. The molecule has 7 heteroatoms. The Morgan fingerprint density at radius 3 is 2.68 bits per heavy atom. The van der Waals surface area contributed by atoms with Gasteiger partial charge in [-0.05, 0) is 44.0 Å². The smallest absolute Gasteiger partial charge is 0.234 e. The van der Waals surface area contributed by atoms with Gasteiger partial charge in [0.1, 0.15) is 5.82 Å². The molecule has 1 heterocycles. The molecule has 130 valence electrons. The van der Waals surface area contributed by atoms with Crippen LogP contribution in [0.4, 0.5) is 5.69 Å². The van der Waals surface area contributed by atoms with Crippen LogP contribution in [-0.4, -0.2) is 26.4 Å². The predicted molar refractivity (Wildman–Crippen MR) is 97.4 cm³/mol. The van der Waals surface area contributed by atoms with Gasteiger partial charge in [0.25, 0.3) is 0 Å². The van der Waals surface area contributed by atoms with Crippen LogP contribution in [0.5, 0.6) is 0 Å². The molecule has 1 aromatic carbocycles. The van der Waals surface area contributed by atoms with Crippen LogP contribution >= 0.6 is 11.8 Å². The van der Waals surface area contributed by atoms with Crippen molar-refractivity contribution in [1.82, 2.24) is 14.8 Å². The molecule has 6 nitrogen and oxygen atoms in total. The van der Waals surface area contributed by atoms with Crippen LogP contribution in [0.25, 0.3) is 0 Å². The maximum atomic E-state index is 12.2. The Hall–Kier alpha value is -2.33. The second-order valence-corrected chi connectivity index (χ2v) is 7.16. The molecule has 1 aliphatic carbocycles. The molecular formula is C18H21N5OS. The fourth-order valence-corrected chi connectivity index (χ4v) is 4.01. The quantitative estimate of drug-likeness (QED) is 0.827. The van der Waals surface area contributed by atoms with Crippen LogP contribution in [0.1, 0.15) is 49.5 Å². The van der Waals surface area contributed by atoms with Crippen molar-refractivity contribution in [3.8, 4) is 6.07 Å². The molecule has 0 atom stereocenters. The van der Waals surface area contributed by atoms with Crippen LogP contribution in [0.2, 0.25) is 0 Å². The van der Waals surface area contributed by atoms with Gasteiger partial charge < -0.3 is 9.88 Å². The molecule has 1 N–H and O–H groups in total. The van der Waals surface area contributed by atoms with Crippen molar-refractivity contribution < 1.29 is 4.79 Å². The summed E-state index contributed by atoms with van der Waals surface area (Å²) in [5.74, 6) is 1.11. The summed E-state index contributed by atoms with van der Waals surface area (Å²) in [5.41, 5.74) is 1.26. The monoisotopic (exact) mass is 355 g/mol. The molecule has 1 aromatic heterocycles. The number of thioether (sulfide) groups is 1. The fraction of sp³-hybridized carbons (Fsp3) is 0.444. The van der Waals surface area contributed by atoms with E-state index in [1.807, 2.05) is 6.92 Å². The van der Waals surface area contributed by atoms with Gasteiger partial charge in [0.05, 0.1) is 17.4 Å². The van der Waals surface area contributed by atoms with Crippen molar-refractivity contribution >= 4 is 23.4 Å². The van der Waals surface area contributed by atoms with Crippen LogP contribution in [-0.2, 0) is 4.79 Å². The van der Waals surface area contributed by atoms with E-state index < -0.39 is 0 Å². The van der Waals surface area contributed by atoms with Crippen molar-refractivity contribution in [2.45, 2.75) is 50.2 Å². The Kier molecular flexibility index (Phi) is 5.71. The maximum absolute atomic E-state index is 12.2. The highest BCUT2D eigenvalue weighted by molar-refractivity contribution is 7.99. The van der Waals surface area contributed by atoms with Crippen molar-refractivity contribution in [3.63, 3.8) is 0 Å². The first kappa shape index (κ1) is 17.5. The van der Waals surface area contributed by atoms with E-state index in [2.05, 4.69) is 26.2 Å². The molecule has 1 saturated carbocycles. The van der Waals surface area contributed by atoms with E-state index in [0.29, 0.717) is 17.3 Å². The number of amides is 1. The molecule has 25 heavy (non-hydrogen) atoms. The summed E-state index contributed by atoms with van der Waals surface area (Å²) < 4.78 is 2.19.